The lowest BCUT2D eigenvalue weighted by molar-refractivity contribution is -0.0194. The Kier molecular flexibility index (Phi) is 5.91. The van der Waals surface area contributed by atoms with E-state index >= 15 is 0 Å². The Bertz CT molecular complexity index is 1030. The van der Waals surface area contributed by atoms with Gasteiger partial charge in [-0.1, -0.05) is 11.6 Å². The molecule has 1 unspecified atom stereocenters. The number of halogens is 1. The molecule has 3 aromatic rings. The number of hydrogen-bond donors (Lipinski definition) is 3. The van der Waals surface area contributed by atoms with Crippen molar-refractivity contribution >= 4 is 28.6 Å². The highest BCUT2D eigenvalue weighted by Crippen LogP contribution is 2.30. The molecule has 0 amide bonds. The number of hydrogen-bond acceptors (Lipinski definition) is 9. The van der Waals surface area contributed by atoms with Crippen LogP contribution in [0.5, 0.6) is 11.5 Å². The molecule has 4 N–H and O–H groups in total. The number of benzene rings is 1. The van der Waals surface area contributed by atoms with Crippen LogP contribution in [-0.2, 0) is 11.3 Å². The molecule has 1 aromatic carbocycles. The van der Waals surface area contributed by atoms with Crippen molar-refractivity contribution in [3.8, 4) is 11.5 Å². The SMILES string of the molecule is COc1ccc(OC[C@H]2OC(CCn3cnc4ncnc(N)c43)[C@H](O)[C@@H]2O)c(Cl)c1. The zero-order valence-electron chi connectivity index (χ0n) is 16.2. The first-order valence-electron chi connectivity index (χ1n) is 9.37. The van der Waals surface area contributed by atoms with E-state index in [1.54, 1.807) is 36.2 Å². The van der Waals surface area contributed by atoms with Gasteiger partial charge in [-0.3, -0.25) is 0 Å². The Morgan fingerprint density at radius 1 is 1.20 bits per heavy atom. The highest BCUT2D eigenvalue weighted by Gasteiger charge is 2.42. The topological polar surface area (TPSA) is 138 Å². The number of aromatic nitrogens is 4. The average Bonchev–Trinajstić information content (AvgIpc) is 3.28. The molecule has 160 valence electrons. The van der Waals surface area contributed by atoms with Gasteiger partial charge in [0.05, 0.1) is 24.6 Å². The summed E-state index contributed by atoms with van der Waals surface area (Å²) >= 11 is 6.17. The Labute approximate surface area is 177 Å². The van der Waals surface area contributed by atoms with Gasteiger partial charge in [0.1, 0.15) is 48.3 Å². The number of ether oxygens (including phenoxy) is 3. The van der Waals surface area contributed by atoms with Crippen LogP contribution in [0.2, 0.25) is 5.02 Å². The van der Waals surface area contributed by atoms with Crippen molar-refractivity contribution in [2.24, 2.45) is 0 Å². The van der Waals surface area contributed by atoms with Gasteiger partial charge in [-0.15, -0.1) is 0 Å². The van der Waals surface area contributed by atoms with E-state index in [2.05, 4.69) is 15.0 Å². The van der Waals surface area contributed by atoms with Crippen molar-refractivity contribution in [2.45, 2.75) is 37.4 Å². The maximum absolute atomic E-state index is 10.4. The number of rotatable bonds is 7. The summed E-state index contributed by atoms with van der Waals surface area (Å²) in [5.74, 6) is 1.37. The highest BCUT2D eigenvalue weighted by molar-refractivity contribution is 6.32. The number of fused-ring (bicyclic) bond motifs is 1. The lowest BCUT2D eigenvalue weighted by Gasteiger charge is -2.16. The lowest BCUT2D eigenvalue weighted by Crippen LogP contribution is -2.35. The number of anilines is 1. The summed E-state index contributed by atoms with van der Waals surface area (Å²) in [4.78, 5) is 12.2. The van der Waals surface area contributed by atoms with Gasteiger partial charge in [0.25, 0.3) is 0 Å². The third kappa shape index (κ3) is 3.99. The molecule has 1 aliphatic heterocycles. The van der Waals surface area contributed by atoms with Crippen LogP contribution in [0.15, 0.2) is 30.9 Å². The molecule has 1 fully saturated rings. The zero-order chi connectivity index (χ0) is 21.3. The van der Waals surface area contributed by atoms with Crippen molar-refractivity contribution in [2.75, 3.05) is 19.5 Å². The standard InChI is InChI=1S/C19H22ClN5O5/c1-28-10-2-3-12(11(20)6-10)29-7-14-17(27)16(26)13(30-14)4-5-25-9-24-19-15(25)18(21)22-8-23-19/h2-3,6,8-9,13-14,16-17,26-27H,4-5,7H2,1H3,(H2,21,22,23)/t13?,14-,16+,17-/m1/s1. The van der Waals surface area contributed by atoms with Crippen LogP contribution in [0.25, 0.3) is 11.2 Å². The molecular weight excluding hydrogens is 414 g/mol. The molecule has 30 heavy (non-hydrogen) atoms. The molecule has 4 atom stereocenters. The van der Waals surface area contributed by atoms with E-state index in [0.717, 1.165) is 0 Å². The number of aliphatic hydroxyl groups is 2. The summed E-state index contributed by atoms with van der Waals surface area (Å²) in [5, 5.41) is 21.1. The van der Waals surface area contributed by atoms with E-state index < -0.39 is 24.4 Å². The van der Waals surface area contributed by atoms with Crippen LogP contribution < -0.4 is 15.2 Å². The molecule has 0 saturated carbocycles. The Balaban J connectivity index is 1.37. The molecule has 0 bridgehead atoms. The molecule has 3 heterocycles. The van der Waals surface area contributed by atoms with Crippen LogP contribution in [-0.4, -0.2) is 67.9 Å². The molecule has 11 heteroatoms. The second kappa shape index (κ2) is 8.60. The van der Waals surface area contributed by atoms with Gasteiger partial charge in [0.15, 0.2) is 11.5 Å². The van der Waals surface area contributed by atoms with Gasteiger partial charge in [-0.05, 0) is 18.6 Å². The minimum Gasteiger partial charge on any atom is -0.497 e. The highest BCUT2D eigenvalue weighted by atomic mass is 35.5. The zero-order valence-corrected chi connectivity index (χ0v) is 16.9. The van der Waals surface area contributed by atoms with Crippen molar-refractivity contribution in [3.05, 3.63) is 35.9 Å². The van der Waals surface area contributed by atoms with Crippen molar-refractivity contribution in [1.29, 1.82) is 0 Å². The Hall–Kier alpha value is -2.66. The first kappa shape index (κ1) is 20.6. The summed E-state index contributed by atoms with van der Waals surface area (Å²) in [6.07, 6.45) is -0.0143. The smallest absolute Gasteiger partial charge is 0.182 e. The number of nitrogens with two attached hydrogens (primary N) is 1. The molecule has 0 aliphatic carbocycles. The lowest BCUT2D eigenvalue weighted by atomic mass is 10.1. The molecule has 10 nitrogen and oxygen atoms in total. The number of aryl methyl sites for hydroxylation is 1. The quantitative estimate of drug-likeness (QED) is 0.496. The van der Waals surface area contributed by atoms with Gasteiger partial charge in [-0.2, -0.15) is 0 Å². The molecule has 1 aliphatic rings. The second-order valence-corrected chi connectivity index (χ2v) is 7.37. The van der Waals surface area contributed by atoms with Crippen LogP contribution in [0.4, 0.5) is 5.82 Å². The van der Waals surface area contributed by atoms with Crippen LogP contribution in [0, 0.1) is 0 Å². The number of methoxy groups -OCH3 is 1. The fourth-order valence-corrected chi connectivity index (χ4v) is 3.70. The van der Waals surface area contributed by atoms with E-state index in [9.17, 15) is 10.2 Å². The van der Waals surface area contributed by atoms with Crippen LogP contribution in [0.1, 0.15) is 6.42 Å². The van der Waals surface area contributed by atoms with Crippen molar-refractivity contribution in [1.82, 2.24) is 19.5 Å². The van der Waals surface area contributed by atoms with Crippen LogP contribution in [0.3, 0.4) is 0 Å². The fraction of sp³-hybridized carbons (Fsp3) is 0.421. The van der Waals surface area contributed by atoms with E-state index in [0.29, 0.717) is 46.5 Å². The fourth-order valence-electron chi connectivity index (χ4n) is 3.47. The number of aliphatic hydroxyl groups excluding tert-OH is 2. The van der Waals surface area contributed by atoms with Crippen molar-refractivity contribution in [3.63, 3.8) is 0 Å². The predicted octanol–water partition coefficient (Wildman–Crippen LogP) is 1.03. The minimum absolute atomic E-state index is 0.0373. The molecule has 0 radical (unpaired) electrons. The number of nitrogen functional groups attached to an aromatic ring is 1. The van der Waals surface area contributed by atoms with Gasteiger partial charge in [0.2, 0.25) is 0 Å². The van der Waals surface area contributed by atoms with E-state index in [-0.39, 0.29) is 6.61 Å². The normalized spacial score (nSPS) is 23.7. The number of nitrogens with zero attached hydrogens (tertiary/aromatic N) is 4. The Morgan fingerprint density at radius 2 is 2.00 bits per heavy atom. The molecule has 4 rings (SSSR count). The largest absolute Gasteiger partial charge is 0.497 e. The van der Waals surface area contributed by atoms with E-state index in [4.69, 9.17) is 31.5 Å². The molecular formula is C19H22ClN5O5. The van der Waals surface area contributed by atoms with Crippen molar-refractivity contribution < 1.29 is 24.4 Å². The predicted molar refractivity (Wildman–Crippen MR) is 109 cm³/mol. The molecule has 1 saturated heterocycles. The summed E-state index contributed by atoms with van der Waals surface area (Å²) in [6, 6.07) is 5.02. The molecule has 0 spiro atoms. The van der Waals surface area contributed by atoms with Gasteiger partial charge in [0, 0.05) is 12.6 Å². The van der Waals surface area contributed by atoms with Gasteiger partial charge in [-0.25, -0.2) is 15.0 Å². The summed E-state index contributed by atoms with van der Waals surface area (Å²) in [5.41, 5.74) is 7.04. The van der Waals surface area contributed by atoms with E-state index in [1.165, 1.54) is 6.33 Å². The Morgan fingerprint density at radius 3 is 2.77 bits per heavy atom. The second-order valence-electron chi connectivity index (χ2n) is 6.96. The van der Waals surface area contributed by atoms with Crippen LogP contribution >= 0.6 is 11.6 Å². The maximum Gasteiger partial charge on any atom is 0.182 e. The van der Waals surface area contributed by atoms with Gasteiger partial charge < -0.3 is 34.7 Å². The maximum atomic E-state index is 10.4. The average molecular weight is 436 g/mol. The third-order valence-corrected chi connectivity index (χ3v) is 5.39. The minimum atomic E-state index is -1.08. The van der Waals surface area contributed by atoms with E-state index in [1.807, 2.05) is 0 Å². The monoisotopic (exact) mass is 435 g/mol. The summed E-state index contributed by atoms with van der Waals surface area (Å²) in [6.45, 7) is 0.496. The summed E-state index contributed by atoms with van der Waals surface area (Å²) < 4.78 is 18.4. The summed E-state index contributed by atoms with van der Waals surface area (Å²) in [7, 11) is 1.55. The number of imidazole rings is 1. The first-order chi connectivity index (χ1) is 14.5. The molecule has 2 aromatic heterocycles. The third-order valence-electron chi connectivity index (χ3n) is 5.10. The van der Waals surface area contributed by atoms with Gasteiger partial charge >= 0.3 is 0 Å². The first-order valence-corrected chi connectivity index (χ1v) is 9.75.